The number of carbonyl (C=O) groups is 4. The zero-order valence-electron chi connectivity index (χ0n) is 17.8. The van der Waals surface area contributed by atoms with E-state index in [9.17, 15) is 19.2 Å². The van der Waals surface area contributed by atoms with Gasteiger partial charge in [0.15, 0.2) is 5.57 Å². The highest BCUT2D eigenvalue weighted by molar-refractivity contribution is 6.15. The fourth-order valence-electron chi connectivity index (χ4n) is 3.47. The van der Waals surface area contributed by atoms with Crippen LogP contribution in [0.5, 0.6) is 0 Å². The van der Waals surface area contributed by atoms with Crippen molar-refractivity contribution in [1.29, 1.82) is 0 Å². The van der Waals surface area contributed by atoms with Crippen molar-refractivity contribution in [2.24, 2.45) is 5.92 Å². The van der Waals surface area contributed by atoms with Crippen LogP contribution in [0.3, 0.4) is 0 Å². The molecular formula is C22H26N2O7. The maximum absolute atomic E-state index is 13.1. The molecule has 2 saturated heterocycles. The van der Waals surface area contributed by atoms with Crippen LogP contribution < -0.4 is 5.32 Å². The predicted octanol–water partition coefficient (Wildman–Crippen LogP) is 2.23. The van der Waals surface area contributed by atoms with Crippen molar-refractivity contribution in [3.63, 3.8) is 0 Å². The van der Waals surface area contributed by atoms with Gasteiger partial charge < -0.3 is 24.4 Å². The number of amides is 1. The second-order valence-corrected chi connectivity index (χ2v) is 7.75. The number of nitrogens with zero attached hydrogens (tertiary/aromatic N) is 1. The second-order valence-electron chi connectivity index (χ2n) is 7.75. The van der Waals surface area contributed by atoms with E-state index in [1.54, 1.807) is 36.1 Å². The van der Waals surface area contributed by atoms with E-state index in [4.69, 9.17) is 14.2 Å². The van der Waals surface area contributed by atoms with E-state index in [1.807, 2.05) is 0 Å². The number of hydrogen-bond donors (Lipinski definition) is 1. The van der Waals surface area contributed by atoms with Crippen LogP contribution in [0.15, 0.2) is 36.0 Å². The zero-order valence-corrected chi connectivity index (χ0v) is 17.8. The van der Waals surface area contributed by atoms with Gasteiger partial charge in [0.1, 0.15) is 0 Å². The third-order valence-electron chi connectivity index (χ3n) is 5.05. The minimum absolute atomic E-state index is 0.199. The molecule has 1 N–H and O–H groups in total. The second kappa shape index (κ2) is 9.20. The average Bonchev–Trinajstić information content (AvgIpc) is 2.72. The van der Waals surface area contributed by atoms with Crippen LogP contribution in [-0.4, -0.2) is 54.2 Å². The molecule has 0 unspecified atom stereocenters. The number of esters is 3. The van der Waals surface area contributed by atoms with Gasteiger partial charge in [-0.25, -0.2) is 9.59 Å². The van der Waals surface area contributed by atoms with Crippen molar-refractivity contribution in [3.8, 4) is 0 Å². The number of carbonyl (C=O) groups excluding carboxylic acids is 4. The minimum atomic E-state index is -1.32. The molecule has 1 amide bonds. The van der Waals surface area contributed by atoms with E-state index >= 15 is 0 Å². The molecule has 0 radical (unpaired) electrons. The Morgan fingerprint density at radius 1 is 1.16 bits per heavy atom. The Morgan fingerprint density at radius 2 is 1.77 bits per heavy atom. The van der Waals surface area contributed by atoms with Gasteiger partial charge in [-0.05, 0) is 31.9 Å². The summed E-state index contributed by atoms with van der Waals surface area (Å²) in [6.45, 7) is 5.91. The van der Waals surface area contributed by atoms with Gasteiger partial charge in [-0.1, -0.05) is 12.1 Å². The lowest BCUT2D eigenvalue weighted by atomic mass is 9.96. The van der Waals surface area contributed by atoms with Gasteiger partial charge in [-0.2, -0.15) is 0 Å². The molecule has 2 aliphatic heterocycles. The van der Waals surface area contributed by atoms with Crippen LogP contribution in [0.1, 0.15) is 44.0 Å². The van der Waals surface area contributed by atoms with Crippen LogP contribution in [0.2, 0.25) is 0 Å². The van der Waals surface area contributed by atoms with E-state index in [1.165, 1.54) is 20.0 Å². The number of nitrogens with one attached hydrogen (secondary N) is 1. The maximum Gasteiger partial charge on any atom is 0.350 e. The number of benzene rings is 1. The van der Waals surface area contributed by atoms with Crippen molar-refractivity contribution < 1.29 is 33.4 Å². The van der Waals surface area contributed by atoms with Crippen LogP contribution in [0.25, 0.3) is 0 Å². The van der Waals surface area contributed by atoms with Crippen molar-refractivity contribution in [1.82, 2.24) is 4.90 Å². The largest absolute Gasteiger partial charge is 0.466 e. The number of para-hydroxylation sites is 1. The predicted molar refractivity (Wildman–Crippen MR) is 110 cm³/mol. The smallest absolute Gasteiger partial charge is 0.350 e. The summed E-state index contributed by atoms with van der Waals surface area (Å²) in [6, 6.07) is 6.77. The molecule has 1 aromatic rings. The lowest BCUT2D eigenvalue weighted by molar-refractivity contribution is -0.222. The molecule has 2 heterocycles. The zero-order chi connectivity index (χ0) is 22.6. The van der Waals surface area contributed by atoms with Crippen LogP contribution in [0, 0.1) is 5.92 Å². The lowest BCUT2D eigenvalue weighted by Crippen LogP contribution is -2.42. The number of likely N-dealkylation sites (tertiary alicyclic amines) is 1. The maximum atomic E-state index is 13.1. The molecule has 3 rings (SSSR count). The Kier molecular flexibility index (Phi) is 6.62. The Labute approximate surface area is 180 Å². The van der Waals surface area contributed by atoms with E-state index in [0.717, 1.165) is 0 Å². The average molecular weight is 430 g/mol. The molecule has 31 heavy (non-hydrogen) atoms. The summed E-state index contributed by atoms with van der Waals surface area (Å²) in [5.41, 5.74) is 0.515. The van der Waals surface area contributed by atoms with E-state index < -0.39 is 17.7 Å². The number of piperidine rings is 1. The summed E-state index contributed by atoms with van der Waals surface area (Å²) < 4.78 is 15.2. The molecule has 9 heteroatoms. The summed E-state index contributed by atoms with van der Waals surface area (Å²) in [6.07, 6.45) is 2.26. The summed E-state index contributed by atoms with van der Waals surface area (Å²) in [4.78, 5) is 50.8. The number of ether oxygens (including phenoxy) is 3. The Bertz CT molecular complexity index is 892. The molecule has 2 fully saturated rings. The molecule has 0 bridgehead atoms. The highest BCUT2D eigenvalue weighted by Crippen LogP contribution is 2.25. The van der Waals surface area contributed by atoms with Crippen LogP contribution in [-0.2, 0) is 28.6 Å². The van der Waals surface area contributed by atoms with Gasteiger partial charge in [0.25, 0.3) is 11.7 Å². The van der Waals surface area contributed by atoms with Crippen molar-refractivity contribution in [2.75, 3.05) is 25.0 Å². The summed E-state index contributed by atoms with van der Waals surface area (Å²) in [5.74, 6) is -3.57. The Hall–Kier alpha value is -3.36. The van der Waals surface area contributed by atoms with Gasteiger partial charge in [0.05, 0.1) is 23.8 Å². The number of anilines is 1. The third kappa shape index (κ3) is 5.22. The fraction of sp³-hybridized carbons (Fsp3) is 0.455. The molecule has 0 aromatic heterocycles. The number of rotatable bonds is 5. The fourth-order valence-corrected chi connectivity index (χ4v) is 3.47. The first-order valence-corrected chi connectivity index (χ1v) is 10.2. The summed E-state index contributed by atoms with van der Waals surface area (Å²) in [7, 11) is 0. The quantitative estimate of drug-likeness (QED) is 0.430. The van der Waals surface area contributed by atoms with Crippen LogP contribution in [0.4, 0.5) is 5.69 Å². The van der Waals surface area contributed by atoms with Gasteiger partial charge in [-0.3, -0.25) is 9.59 Å². The molecule has 1 aromatic carbocycles. The molecule has 0 spiro atoms. The summed E-state index contributed by atoms with van der Waals surface area (Å²) >= 11 is 0. The third-order valence-corrected chi connectivity index (χ3v) is 5.05. The number of cyclic esters (lactones) is 2. The van der Waals surface area contributed by atoms with Crippen molar-refractivity contribution in [3.05, 3.63) is 41.6 Å². The first kappa shape index (κ1) is 22.3. The monoisotopic (exact) mass is 430 g/mol. The minimum Gasteiger partial charge on any atom is -0.466 e. The Balaban J connectivity index is 1.70. The van der Waals surface area contributed by atoms with E-state index in [0.29, 0.717) is 43.8 Å². The van der Waals surface area contributed by atoms with Gasteiger partial charge in [0.2, 0.25) is 0 Å². The number of hydrogen-bond acceptors (Lipinski definition) is 8. The SMILES string of the molecule is CCOC(=O)C1CCN(C(=O)c2ccccc2NC=C2C(=O)OC(C)(C)OC2=O)CC1. The topological polar surface area (TPSA) is 111 Å². The normalized spacial score (nSPS) is 18.7. The van der Waals surface area contributed by atoms with Gasteiger partial charge in [-0.15, -0.1) is 0 Å². The molecule has 0 atom stereocenters. The van der Waals surface area contributed by atoms with Crippen LogP contribution >= 0.6 is 0 Å². The van der Waals surface area contributed by atoms with E-state index in [-0.39, 0.29) is 23.4 Å². The molecule has 166 valence electrons. The highest BCUT2D eigenvalue weighted by Gasteiger charge is 2.39. The van der Waals surface area contributed by atoms with Crippen molar-refractivity contribution >= 4 is 29.5 Å². The van der Waals surface area contributed by atoms with Gasteiger partial charge >= 0.3 is 17.9 Å². The standard InChI is InChI=1S/C22H26N2O7/c1-4-29-19(26)14-9-11-24(12-10-14)18(25)15-7-5-6-8-17(15)23-13-16-20(27)30-22(2,3)31-21(16)28/h5-8,13-14,23H,4,9-12H2,1-3H3. The molecular weight excluding hydrogens is 404 g/mol. The molecule has 2 aliphatic rings. The van der Waals surface area contributed by atoms with Crippen molar-refractivity contribution in [2.45, 2.75) is 39.4 Å². The highest BCUT2D eigenvalue weighted by atomic mass is 16.7. The molecule has 0 saturated carbocycles. The summed E-state index contributed by atoms with van der Waals surface area (Å²) in [5, 5.41) is 2.85. The van der Waals surface area contributed by atoms with E-state index in [2.05, 4.69) is 5.32 Å². The van der Waals surface area contributed by atoms with Gasteiger partial charge in [0, 0.05) is 33.1 Å². The Morgan fingerprint density at radius 3 is 2.39 bits per heavy atom. The first-order valence-electron chi connectivity index (χ1n) is 10.2. The first-order chi connectivity index (χ1) is 14.7. The molecule has 9 nitrogen and oxygen atoms in total. The lowest BCUT2D eigenvalue weighted by Gasteiger charge is -2.31. The molecule has 0 aliphatic carbocycles.